The van der Waals surface area contributed by atoms with Gasteiger partial charge in [0.05, 0.1) is 12.5 Å². The molecule has 3 aromatic carbocycles. The normalized spacial score (nSPS) is 12.5. The van der Waals surface area contributed by atoms with Crippen LogP contribution >= 0.6 is 0 Å². The minimum absolute atomic E-state index is 0.100. The zero-order chi connectivity index (χ0) is 20.8. The molecule has 0 saturated carbocycles. The summed E-state index contributed by atoms with van der Waals surface area (Å²) < 4.78 is 5.89. The van der Waals surface area contributed by atoms with Crippen LogP contribution in [0.4, 0.5) is 5.69 Å². The first kappa shape index (κ1) is 19.7. The van der Waals surface area contributed by atoms with E-state index >= 15 is 0 Å². The number of fused-ring (bicyclic) bond motifs is 1. The fourth-order valence-electron chi connectivity index (χ4n) is 3.79. The molecule has 0 radical (unpaired) electrons. The molecular weight excluding hydrogens is 372 g/mol. The predicted octanol–water partition coefficient (Wildman–Crippen LogP) is 5.46. The smallest absolute Gasteiger partial charge is 0.255 e. The van der Waals surface area contributed by atoms with E-state index in [9.17, 15) is 4.79 Å². The number of nitriles is 1. The quantitative estimate of drug-likeness (QED) is 0.601. The summed E-state index contributed by atoms with van der Waals surface area (Å²) in [5, 5.41) is 11.8. The number of para-hydroxylation sites is 1. The third-order valence-corrected chi connectivity index (χ3v) is 5.48. The van der Waals surface area contributed by atoms with Crippen LogP contribution in [0.3, 0.4) is 0 Å². The van der Waals surface area contributed by atoms with Gasteiger partial charge in [-0.1, -0.05) is 36.4 Å². The molecule has 0 fully saturated rings. The van der Waals surface area contributed by atoms with Gasteiger partial charge in [-0.25, -0.2) is 0 Å². The van der Waals surface area contributed by atoms with E-state index in [4.69, 9.17) is 10.00 Å². The highest BCUT2D eigenvalue weighted by Gasteiger charge is 2.14. The monoisotopic (exact) mass is 396 g/mol. The number of amides is 1. The summed E-state index contributed by atoms with van der Waals surface area (Å²) in [5.74, 6) is 0.629. The van der Waals surface area contributed by atoms with Gasteiger partial charge >= 0.3 is 0 Å². The van der Waals surface area contributed by atoms with E-state index in [-0.39, 0.29) is 5.91 Å². The van der Waals surface area contributed by atoms with Crippen LogP contribution in [0.15, 0.2) is 66.7 Å². The van der Waals surface area contributed by atoms with E-state index in [0.717, 1.165) is 35.4 Å². The first-order chi connectivity index (χ1) is 14.7. The van der Waals surface area contributed by atoms with E-state index in [1.54, 1.807) is 0 Å². The number of nitrogens with one attached hydrogen (secondary N) is 1. The van der Waals surface area contributed by atoms with E-state index in [1.165, 1.54) is 24.0 Å². The van der Waals surface area contributed by atoms with E-state index in [0.29, 0.717) is 18.6 Å². The van der Waals surface area contributed by atoms with Gasteiger partial charge in [-0.05, 0) is 72.7 Å². The largest absolute Gasteiger partial charge is 0.489 e. The summed E-state index contributed by atoms with van der Waals surface area (Å²) in [5.41, 5.74) is 5.98. The van der Waals surface area contributed by atoms with Crippen molar-refractivity contribution in [3.05, 3.63) is 94.5 Å². The van der Waals surface area contributed by atoms with Crippen LogP contribution in [-0.2, 0) is 25.9 Å². The maximum absolute atomic E-state index is 12.8. The van der Waals surface area contributed by atoms with E-state index in [1.807, 2.05) is 60.7 Å². The fraction of sp³-hybridized carbons (Fsp3) is 0.231. The summed E-state index contributed by atoms with van der Waals surface area (Å²) in [7, 11) is 0. The topological polar surface area (TPSA) is 62.1 Å². The Bertz CT molecular complexity index is 1080. The lowest BCUT2D eigenvalue weighted by molar-refractivity contribution is 0.102. The average molecular weight is 396 g/mol. The Labute approximate surface area is 177 Å². The molecule has 4 nitrogen and oxygen atoms in total. The van der Waals surface area contributed by atoms with E-state index < -0.39 is 0 Å². The summed E-state index contributed by atoms with van der Waals surface area (Å²) in [6, 6.07) is 23.4. The molecule has 0 spiro atoms. The minimum Gasteiger partial charge on any atom is -0.489 e. The molecule has 4 heteroatoms. The Balaban J connectivity index is 1.44. The summed E-state index contributed by atoms with van der Waals surface area (Å²) in [6.07, 6.45) is 4.96. The SMILES string of the molecule is N#CCc1ccc(OCc2ccccc2NC(=O)c2ccc3c(c2)CCCC3)cc1. The highest BCUT2D eigenvalue weighted by molar-refractivity contribution is 6.04. The summed E-state index contributed by atoms with van der Waals surface area (Å²) in [4.78, 5) is 12.8. The number of hydrogen-bond acceptors (Lipinski definition) is 3. The standard InChI is InChI=1S/C26H24N2O2/c27-16-15-19-9-13-24(14-10-19)30-18-23-7-3-4-8-25(23)28-26(29)22-12-11-20-5-1-2-6-21(20)17-22/h3-4,7-14,17H,1-2,5-6,15,18H2,(H,28,29). The molecule has 4 rings (SSSR count). The minimum atomic E-state index is -0.100. The maximum Gasteiger partial charge on any atom is 0.255 e. The van der Waals surface area contributed by atoms with Gasteiger partial charge < -0.3 is 10.1 Å². The zero-order valence-corrected chi connectivity index (χ0v) is 16.9. The van der Waals surface area contributed by atoms with Crippen molar-refractivity contribution >= 4 is 11.6 Å². The van der Waals surface area contributed by atoms with Crippen molar-refractivity contribution in [3.63, 3.8) is 0 Å². The predicted molar refractivity (Wildman–Crippen MR) is 118 cm³/mol. The third-order valence-electron chi connectivity index (χ3n) is 5.48. The zero-order valence-electron chi connectivity index (χ0n) is 16.9. The lowest BCUT2D eigenvalue weighted by Gasteiger charge is -2.17. The molecule has 1 aliphatic rings. The summed E-state index contributed by atoms with van der Waals surface area (Å²) >= 11 is 0. The van der Waals surface area contributed by atoms with Crippen LogP contribution in [0.2, 0.25) is 0 Å². The number of carbonyl (C=O) groups excluding carboxylic acids is 1. The van der Waals surface area contributed by atoms with Crippen molar-refractivity contribution in [1.82, 2.24) is 0 Å². The number of ether oxygens (including phenoxy) is 1. The van der Waals surface area contributed by atoms with Crippen LogP contribution in [0.1, 0.15) is 45.5 Å². The van der Waals surface area contributed by atoms with Gasteiger partial charge in [0.1, 0.15) is 12.4 Å². The van der Waals surface area contributed by atoms with Crippen molar-refractivity contribution in [1.29, 1.82) is 5.26 Å². The molecule has 0 aliphatic heterocycles. The number of rotatable bonds is 6. The second-order valence-corrected chi connectivity index (χ2v) is 7.57. The Morgan fingerprint density at radius 1 is 0.967 bits per heavy atom. The number of hydrogen-bond donors (Lipinski definition) is 1. The molecule has 1 amide bonds. The third kappa shape index (κ3) is 4.69. The first-order valence-corrected chi connectivity index (χ1v) is 10.3. The van der Waals surface area contributed by atoms with Crippen molar-refractivity contribution in [2.45, 2.75) is 38.7 Å². The van der Waals surface area contributed by atoms with Crippen molar-refractivity contribution in [2.75, 3.05) is 5.32 Å². The molecule has 3 aromatic rings. The van der Waals surface area contributed by atoms with Crippen LogP contribution in [0, 0.1) is 11.3 Å². The number of aryl methyl sites for hydroxylation is 2. The lowest BCUT2D eigenvalue weighted by Crippen LogP contribution is -2.15. The highest BCUT2D eigenvalue weighted by Crippen LogP contribution is 2.24. The second kappa shape index (κ2) is 9.28. The maximum atomic E-state index is 12.8. The van der Waals surface area contributed by atoms with Gasteiger partial charge in [-0.15, -0.1) is 0 Å². The second-order valence-electron chi connectivity index (χ2n) is 7.57. The van der Waals surface area contributed by atoms with Gasteiger partial charge in [0, 0.05) is 16.8 Å². The Hall–Kier alpha value is -3.58. The number of anilines is 1. The van der Waals surface area contributed by atoms with Crippen molar-refractivity contribution < 1.29 is 9.53 Å². The Morgan fingerprint density at radius 2 is 1.73 bits per heavy atom. The van der Waals surface area contributed by atoms with Gasteiger partial charge in [-0.2, -0.15) is 5.26 Å². The number of nitrogens with zero attached hydrogens (tertiary/aromatic N) is 1. The number of carbonyl (C=O) groups is 1. The van der Waals surface area contributed by atoms with Crippen molar-refractivity contribution in [2.24, 2.45) is 0 Å². The Kier molecular flexibility index (Phi) is 6.10. The van der Waals surface area contributed by atoms with Gasteiger partial charge in [0.2, 0.25) is 0 Å². The first-order valence-electron chi connectivity index (χ1n) is 10.3. The summed E-state index contributed by atoms with van der Waals surface area (Å²) in [6.45, 7) is 0.345. The molecule has 1 N–H and O–H groups in total. The molecule has 30 heavy (non-hydrogen) atoms. The molecule has 0 heterocycles. The van der Waals surface area contributed by atoms with Crippen LogP contribution < -0.4 is 10.1 Å². The molecule has 0 bridgehead atoms. The van der Waals surface area contributed by atoms with Gasteiger partial charge in [0.25, 0.3) is 5.91 Å². The number of benzene rings is 3. The average Bonchev–Trinajstić information content (AvgIpc) is 2.79. The molecule has 0 unspecified atom stereocenters. The molecule has 0 saturated heterocycles. The lowest BCUT2D eigenvalue weighted by atomic mass is 9.90. The molecular formula is C26H24N2O2. The van der Waals surface area contributed by atoms with Gasteiger partial charge in [-0.3, -0.25) is 4.79 Å². The van der Waals surface area contributed by atoms with Gasteiger partial charge in [0.15, 0.2) is 0 Å². The van der Waals surface area contributed by atoms with Crippen LogP contribution in [0.5, 0.6) is 5.75 Å². The molecule has 1 aliphatic carbocycles. The molecule has 0 atom stereocenters. The molecule has 150 valence electrons. The van der Waals surface area contributed by atoms with Crippen LogP contribution in [-0.4, -0.2) is 5.91 Å². The highest BCUT2D eigenvalue weighted by atomic mass is 16.5. The van der Waals surface area contributed by atoms with Crippen molar-refractivity contribution in [3.8, 4) is 11.8 Å². The van der Waals surface area contributed by atoms with Crippen LogP contribution in [0.25, 0.3) is 0 Å². The fourth-order valence-corrected chi connectivity index (χ4v) is 3.79. The molecule has 0 aromatic heterocycles. The van der Waals surface area contributed by atoms with E-state index in [2.05, 4.69) is 17.5 Å². The Morgan fingerprint density at radius 3 is 2.53 bits per heavy atom.